The second-order valence-corrected chi connectivity index (χ2v) is 7.76. The van der Waals surface area contributed by atoms with E-state index in [1.807, 2.05) is 36.4 Å². The van der Waals surface area contributed by atoms with Gasteiger partial charge in [0.25, 0.3) is 0 Å². The van der Waals surface area contributed by atoms with Crippen molar-refractivity contribution in [3.05, 3.63) is 71.4 Å². The molecule has 33 heavy (non-hydrogen) atoms. The van der Waals surface area contributed by atoms with Crippen molar-refractivity contribution in [2.75, 3.05) is 11.9 Å². The van der Waals surface area contributed by atoms with Crippen LogP contribution in [0.1, 0.15) is 40.9 Å². The summed E-state index contributed by atoms with van der Waals surface area (Å²) in [7, 11) is 1.52. The van der Waals surface area contributed by atoms with E-state index >= 15 is 0 Å². The first kappa shape index (κ1) is 22.1. The minimum Gasteiger partial charge on any atom is -0.476 e. The van der Waals surface area contributed by atoms with Crippen molar-refractivity contribution in [1.82, 2.24) is 15.1 Å². The summed E-state index contributed by atoms with van der Waals surface area (Å²) in [5.41, 5.74) is 4.27. The van der Waals surface area contributed by atoms with Gasteiger partial charge in [-0.05, 0) is 28.7 Å². The fraction of sp³-hybridized carbons (Fsp3) is 0.250. The fourth-order valence-corrected chi connectivity index (χ4v) is 4.04. The normalized spacial score (nSPS) is 13.0. The van der Waals surface area contributed by atoms with Gasteiger partial charge in [-0.3, -0.25) is 9.48 Å². The summed E-state index contributed by atoms with van der Waals surface area (Å²) in [6, 6.07) is 16.5. The Balaban J connectivity index is 1.39. The number of amides is 2. The minimum atomic E-state index is -1.20. The van der Waals surface area contributed by atoms with Crippen molar-refractivity contribution in [1.29, 1.82) is 0 Å². The van der Waals surface area contributed by atoms with Crippen molar-refractivity contribution < 1.29 is 24.2 Å². The van der Waals surface area contributed by atoms with Crippen LogP contribution in [0.15, 0.2) is 54.6 Å². The Hall–Kier alpha value is -4.14. The van der Waals surface area contributed by atoms with Gasteiger partial charge in [0.15, 0.2) is 5.69 Å². The van der Waals surface area contributed by atoms with E-state index in [0.717, 1.165) is 22.3 Å². The number of alkyl carbamates (subject to hydrolysis) is 1. The number of hydrogen-bond donors (Lipinski definition) is 3. The Morgan fingerprint density at radius 2 is 1.70 bits per heavy atom. The predicted molar refractivity (Wildman–Crippen MR) is 121 cm³/mol. The van der Waals surface area contributed by atoms with Crippen LogP contribution in [0.25, 0.3) is 11.1 Å². The number of benzene rings is 2. The first-order valence-corrected chi connectivity index (χ1v) is 10.6. The third kappa shape index (κ3) is 4.43. The topological polar surface area (TPSA) is 123 Å². The molecule has 2 aromatic carbocycles. The SMILES string of the molecule is CC[C@@H](NC(=O)OCC1c2ccccc2-c2ccccc21)C(=O)Nc1cc(C(=O)O)nn1C. The molecule has 3 aromatic rings. The molecule has 1 aliphatic rings. The molecule has 4 rings (SSSR count). The molecule has 0 fully saturated rings. The third-order valence-electron chi connectivity index (χ3n) is 5.71. The molecule has 0 aliphatic heterocycles. The van der Waals surface area contributed by atoms with Crippen LogP contribution in [0.5, 0.6) is 0 Å². The number of carboxylic acid groups (broad SMARTS) is 1. The van der Waals surface area contributed by atoms with Gasteiger partial charge in [-0.15, -0.1) is 0 Å². The maximum absolute atomic E-state index is 12.6. The van der Waals surface area contributed by atoms with E-state index in [4.69, 9.17) is 9.84 Å². The Bertz CT molecular complexity index is 1170. The van der Waals surface area contributed by atoms with Crippen molar-refractivity contribution in [2.24, 2.45) is 7.05 Å². The van der Waals surface area contributed by atoms with E-state index < -0.39 is 24.0 Å². The van der Waals surface area contributed by atoms with Crippen LogP contribution in [-0.4, -0.2) is 45.5 Å². The third-order valence-corrected chi connectivity index (χ3v) is 5.71. The molecule has 170 valence electrons. The van der Waals surface area contributed by atoms with Gasteiger partial charge in [0.05, 0.1) is 0 Å². The highest BCUT2D eigenvalue weighted by Gasteiger charge is 2.29. The Labute approximate surface area is 190 Å². The average Bonchev–Trinajstić information content (AvgIpc) is 3.34. The number of carboxylic acids is 1. The smallest absolute Gasteiger partial charge is 0.407 e. The minimum absolute atomic E-state index is 0.0825. The number of anilines is 1. The van der Waals surface area contributed by atoms with Gasteiger partial charge in [0.1, 0.15) is 18.5 Å². The van der Waals surface area contributed by atoms with Crippen molar-refractivity contribution in [3.8, 4) is 11.1 Å². The molecule has 2 amide bonds. The number of rotatable bonds is 7. The Kier molecular flexibility index (Phi) is 6.12. The highest BCUT2D eigenvalue weighted by molar-refractivity contribution is 5.97. The number of carbonyl (C=O) groups excluding carboxylic acids is 2. The number of carbonyl (C=O) groups is 3. The molecular formula is C24H24N4O5. The largest absolute Gasteiger partial charge is 0.476 e. The zero-order valence-electron chi connectivity index (χ0n) is 18.2. The Morgan fingerprint density at radius 3 is 2.24 bits per heavy atom. The van der Waals surface area contributed by atoms with Crippen LogP contribution in [-0.2, 0) is 16.6 Å². The lowest BCUT2D eigenvalue weighted by Crippen LogP contribution is -2.44. The lowest BCUT2D eigenvalue weighted by molar-refractivity contribution is -0.118. The van der Waals surface area contributed by atoms with Crippen LogP contribution in [0.4, 0.5) is 10.6 Å². The van der Waals surface area contributed by atoms with E-state index in [9.17, 15) is 14.4 Å². The lowest BCUT2D eigenvalue weighted by atomic mass is 9.98. The maximum atomic E-state index is 12.6. The summed E-state index contributed by atoms with van der Waals surface area (Å²) in [5, 5.41) is 18.0. The number of aryl methyl sites for hydroxylation is 1. The van der Waals surface area contributed by atoms with Gasteiger partial charge in [0.2, 0.25) is 5.91 Å². The molecule has 0 spiro atoms. The number of aromatic carboxylic acids is 1. The van der Waals surface area contributed by atoms with E-state index in [1.54, 1.807) is 6.92 Å². The summed E-state index contributed by atoms with van der Waals surface area (Å²) in [5.74, 6) is -1.56. The molecule has 9 heteroatoms. The summed E-state index contributed by atoms with van der Waals surface area (Å²) in [4.78, 5) is 36.2. The maximum Gasteiger partial charge on any atom is 0.407 e. The highest BCUT2D eigenvalue weighted by Crippen LogP contribution is 2.44. The molecule has 1 heterocycles. The molecule has 9 nitrogen and oxygen atoms in total. The second-order valence-electron chi connectivity index (χ2n) is 7.76. The van der Waals surface area contributed by atoms with Crippen molar-refractivity contribution in [2.45, 2.75) is 25.3 Å². The molecule has 0 saturated heterocycles. The number of nitrogens with zero attached hydrogens (tertiary/aromatic N) is 2. The van der Waals surface area contributed by atoms with E-state index in [2.05, 4.69) is 27.9 Å². The number of ether oxygens (including phenoxy) is 1. The van der Waals surface area contributed by atoms with E-state index in [-0.39, 0.29) is 24.0 Å². The van der Waals surface area contributed by atoms with Gasteiger partial charge < -0.3 is 20.5 Å². The zero-order chi connectivity index (χ0) is 23.5. The highest BCUT2D eigenvalue weighted by atomic mass is 16.5. The van der Waals surface area contributed by atoms with Gasteiger partial charge in [-0.25, -0.2) is 9.59 Å². The Morgan fingerprint density at radius 1 is 1.09 bits per heavy atom. The number of hydrogen-bond acceptors (Lipinski definition) is 5. The summed E-state index contributed by atoms with van der Waals surface area (Å²) >= 11 is 0. The number of aromatic nitrogens is 2. The lowest BCUT2D eigenvalue weighted by Gasteiger charge is -2.18. The summed E-state index contributed by atoms with van der Waals surface area (Å²) in [6.45, 7) is 1.89. The molecule has 0 unspecified atom stereocenters. The number of nitrogens with one attached hydrogen (secondary N) is 2. The molecule has 1 atom stereocenters. The molecule has 0 saturated carbocycles. The van der Waals surface area contributed by atoms with Crippen molar-refractivity contribution in [3.63, 3.8) is 0 Å². The molecule has 0 radical (unpaired) electrons. The predicted octanol–water partition coefficient (Wildman–Crippen LogP) is 3.37. The first-order valence-electron chi connectivity index (χ1n) is 10.6. The van der Waals surface area contributed by atoms with Crippen LogP contribution in [0.3, 0.4) is 0 Å². The summed E-state index contributed by atoms with van der Waals surface area (Å²) in [6.07, 6.45) is -0.380. The van der Waals surface area contributed by atoms with Crippen molar-refractivity contribution >= 4 is 23.8 Å². The van der Waals surface area contributed by atoms with Gasteiger partial charge in [0, 0.05) is 19.0 Å². The zero-order valence-corrected chi connectivity index (χ0v) is 18.2. The standard InChI is InChI=1S/C24H24N4O5/c1-3-19(22(29)26-21-12-20(23(30)31)27-28(21)2)25-24(32)33-13-18-16-10-6-4-8-14(16)15-9-5-7-11-17(15)18/h4-12,18-19H,3,13H2,1-2H3,(H,25,32)(H,26,29)(H,30,31)/t19-/m1/s1. The van der Waals surface area contributed by atoms with Crippen LogP contribution >= 0.6 is 0 Å². The van der Waals surface area contributed by atoms with Crippen LogP contribution < -0.4 is 10.6 Å². The quantitative estimate of drug-likeness (QED) is 0.509. The first-order chi connectivity index (χ1) is 15.9. The molecule has 3 N–H and O–H groups in total. The van der Waals surface area contributed by atoms with E-state index in [0.29, 0.717) is 6.42 Å². The molecular weight excluding hydrogens is 424 g/mol. The second kappa shape index (κ2) is 9.15. The molecule has 1 aliphatic carbocycles. The van der Waals surface area contributed by atoms with Gasteiger partial charge in [-0.2, -0.15) is 5.10 Å². The van der Waals surface area contributed by atoms with Crippen LogP contribution in [0, 0.1) is 0 Å². The number of fused-ring (bicyclic) bond motifs is 3. The van der Waals surface area contributed by atoms with E-state index in [1.165, 1.54) is 17.8 Å². The van der Waals surface area contributed by atoms with Gasteiger partial charge >= 0.3 is 12.1 Å². The average molecular weight is 448 g/mol. The van der Waals surface area contributed by atoms with Gasteiger partial charge in [-0.1, -0.05) is 55.5 Å². The summed E-state index contributed by atoms with van der Waals surface area (Å²) < 4.78 is 6.76. The monoisotopic (exact) mass is 448 g/mol. The van der Waals surface area contributed by atoms with Crippen LogP contribution in [0.2, 0.25) is 0 Å². The fourth-order valence-electron chi connectivity index (χ4n) is 4.04. The molecule has 0 bridgehead atoms. The molecule has 1 aromatic heterocycles.